The third-order valence-electron chi connectivity index (χ3n) is 3.83. The van der Waals surface area contributed by atoms with Crippen molar-refractivity contribution in [3.8, 4) is 17.0 Å². The molecule has 0 aliphatic rings. The summed E-state index contributed by atoms with van der Waals surface area (Å²) in [5.41, 5.74) is 10.1. The van der Waals surface area contributed by atoms with E-state index in [1.165, 1.54) is 7.11 Å². The third-order valence-corrected chi connectivity index (χ3v) is 3.83. The molecule has 2 N–H and O–H groups in total. The summed E-state index contributed by atoms with van der Waals surface area (Å²) in [6.07, 6.45) is 4.76. The summed E-state index contributed by atoms with van der Waals surface area (Å²) >= 11 is 0. The van der Waals surface area contributed by atoms with Gasteiger partial charge in [0.1, 0.15) is 0 Å². The van der Waals surface area contributed by atoms with E-state index in [9.17, 15) is 4.79 Å². The van der Waals surface area contributed by atoms with Crippen molar-refractivity contribution < 1.29 is 14.3 Å². The summed E-state index contributed by atoms with van der Waals surface area (Å²) < 4.78 is 10.1. The fraction of sp³-hybridized carbons (Fsp3) is 0.176. The zero-order chi connectivity index (χ0) is 17.3. The lowest BCUT2D eigenvalue weighted by Crippen LogP contribution is -2.08. The van der Waals surface area contributed by atoms with E-state index in [1.54, 1.807) is 37.8 Å². The number of benzene rings is 1. The molecular weight excluding hydrogens is 308 g/mol. The first-order valence-electron chi connectivity index (χ1n) is 7.20. The molecule has 0 aliphatic carbocycles. The molecular formula is C17H16N4O3. The van der Waals surface area contributed by atoms with E-state index >= 15 is 0 Å². The molecule has 0 fully saturated rings. The Kier molecular flexibility index (Phi) is 3.99. The second kappa shape index (κ2) is 6.11. The topological polar surface area (TPSA) is 100 Å². The van der Waals surface area contributed by atoms with Crippen LogP contribution < -0.4 is 10.5 Å². The summed E-state index contributed by atoms with van der Waals surface area (Å²) in [6.45, 7) is 1.87. The number of fused-ring (bicyclic) bond motifs is 1. The molecule has 1 aromatic carbocycles. The molecule has 24 heavy (non-hydrogen) atoms. The molecule has 0 spiro atoms. The molecule has 122 valence electrons. The lowest BCUT2D eigenvalue weighted by atomic mass is 9.95. The summed E-state index contributed by atoms with van der Waals surface area (Å²) in [7, 11) is 2.86. The number of anilines is 1. The van der Waals surface area contributed by atoms with Gasteiger partial charge in [0.25, 0.3) is 0 Å². The maximum absolute atomic E-state index is 12.1. The Balaban J connectivity index is 2.42. The second-order valence-electron chi connectivity index (χ2n) is 5.12. The molecule has 7 heteroatoms. The quantitative estimate of drug-likeness (QED) is 0.583. The van der Waals surface area contributed by atoms with Gasteiger partial charge in [-0.05, 0) is 24.6 Å². The standard InChI is InChI=1S/C17H16N4O3/c1-9-10(4-5-21-16(9)23-2)13-14(18)11(17(22)24-3)8-12-15(13)20-7-6-19-12/h4-8H,18H2,1-3H3. The number of pyridine rings is 1. The van der Waals surface area contributed by atoms with Gasteiger partial charge in [-0.1, -0.05) is 0 Å². The number of carbonyl (C=O) groups excluding carboxylic acids is 1. The average Bonchev–Trinajstić information content (AvgIpc) is 2.61. The van der Waals surface area contributed by atoms with Crippen molar-refractivity contribution in [2.24, 2.45) is 0 Å². The fourth-order valence-corrected chi connectivity index (χ4v) is 2.67. The Morgan fingerprint density at radius 3 is 2.58 bits per heavy atom. The number of carbonyl (C=O) groups is 1. The maximum Gasteiger partial charge on any atom is 0.340 e. The van der Waals surface area contributed by atoms with Crippen LogP contribution in [0.4, 0.5) is 5.69 Å². The highest BCUT2D eigenvalue weighted by Crippen LogP contribution is 2.38. The molecule has 0 bridgehead atoms. The highest BCUT2D eigenvalue weighted by molar-refractivity contribution is 6.08. The number of rotatable bonds is 3. The first kappa shape index (κ1) is 15.7. The van der Waals surface area contributed by atoms with Crippen LogP contribution in [0.1, 0.15) is 15.9 Å². The van der Waals surface area contributed by atoms with Crippen LogP contribution in [-0.4, -0.2) is 35.1 Å². The Labute approximate surface area is 138 Å². The molecule has 7 nitrogen and oxygen atoms in total. The van der Waals surface area contributed by atoms with E-state index in [0.717, 1.165) is 11.1 Å². The fourth-order valence-electron chi connectivity index (χ4n) is 2.67. The maximum atomic E-state index is 12.1. The van der Waals surface area contributed by atoms with Gasteiger partial charge in [-0.3, -0.25) is 9.97 Å². The first-order valence-corrected chi connectivity index (χ1v) is 7.20. The summed E-state index contributed by atoms with van der Waals surface area (Å²) in [4.78, 5) is 24.9. The lowest BCUT2D eigenvalue weighted by Gasteiger charge is -2.15. The van der Waals surface area contributed by atoms with Gasteiger partial charge in [0, 0.05) is 29.7 Å². The van der Waals surface area contributed by atoms with Gasteiger partial charge in [-0.15, -0.1) is 0 Å². The van der Waals surface area contributed by atoms with Crippen molar-refractivity contribution >= 4 is 22.7 Å². The van der Waals surface area contributed by atoms with Crippen LogP contribution >= 0.6 is 0 Å². The Morgan fingerprint density at radius 1 is 1.12 bits per heavy atom. The first-order chi connectivity index (χ1) is 11.6. The zero-order valence-corrected chi connectivity index (χ0v) is 13.5. The van der Waals surface area contributed by atoms with Crippen LogP contribution in [0.3, 0.4) is 0 Å². The van der Waals surface area contributed by atoms with E-state index in [-0.39, 0.29) is 11.3 Å². The largest absolute Gasteiger partial charge is 0.481 e. The molecule has 3 aromatic rings. The molecule has 0 unspecified atom stereocenters. The van der Waals surface area contributed by atoms with E-state index < -0.39 is 5.97 Å². The predicted molar refractivity (Wildman–Crippen MR) is 89.8 cm³/mol. The Morgan fingerprint density at radius 2 is 1.88 bits per heavy atom. The minimum absolute atomic E-state index is 0.246. The number of nitrogens with two attached hydrogens (primary N) is 1. The smallest absolute Gasteiger partial charge is 0.340 e. The van der Waals surface area contributed by atoms with Gasteiger partial charge in [0.2, 0.25) is 5.88 Å². The van der Waals surface area contributed by atoms with Crippen molar-refractivity contribution in [1.82, 2.24) is 15.0 Å². The highest BCUT2D eigenvalue weighted by atomic mass is 16.5. The molecule has 0 atom stereocenters. The molecule has 0 saturated heterocycles. The van der Waals surface area contributed by atoms with E-state index in [2.05, 4.69) is 15.0 Å². The van der Waals surface area contributed by atoms with Crippen LogP contribution in [0.5, 0.6) is 5.88 Å². The minimum atomic E-state index is -0.528. The van der Waals surface area contributed by atoms with Crippen molar-refractivity contribution in [2.45, 2.75) is 6.92 Å². The van der Waals surface area contributed by atoms with Gasteiger partial charge >= 0.3 is 5.97 Å². The van der Waals surface area contributed by atoms with Gasteiger partial charge in [0.05, 0.1) is 36.5 Å². The van der Waals surface area contributed by atoms with Crippen LogP contribution in [0.2, 0.25) is 0 Å². The highest BCUT2D eigenvalue weighted by Gasteiger charge is 2.21. The molecule has 0 saturated carbocycles. The molecule has 0 aliphatic heterocycles. The molecule has 2 heterocycles. The average molecular weight is 324 g/mol. The molecule has 2 aromatic heterocycles. The molecule has 0 amide bonds. The summed E-state index contributed by atoms with van der Waals surface area (Å²) in [5.74, 6) is -0.0487. The second-order valence-corrected chi connectivity index (χ2v) is 5.12. The van der Waals surface area contributed by atoms with Gasteiger partial charge in [-0.2, -0.15) is 0 Å². The summed E-state index contributed by atoms with van der Waals surface area (Å²) in [6, 6.07) is 3.39. The van der Waals surface area contributed by atoms with Gasteiger partial charge in [0.15, 0.2) is 0 Å². The van der Waals surface area contributed by atoms with Crippen LogP contribution in [0.25, 0.3) is 22.2 Å². The number of hydrogen-bond donors (Lipinski definition) is 1. The predicted octanol–water partition coefficient (Wildman–Crippen LogP) is 2.38. The number of aromatic nitrogens is 3. The van der Waals surface area contributed by atoms with Crippen molar-refractivity contribution in [3.63, 3.8) is 0 Å². The number of hydrogen-bond acceptors (Lipinski definition) is 7. The monoisotopic (exact) mass is 324 g/mol. The van der Waals surface area contributed by atoms with Crippen LogP contribution in [-0.2, 0) is 4.74 Å². The zero-order valence-electron chi connectivity index (χ0n) is 13.5. The Bertz CT molecular complexity index is 941. The number of ether oxygens (including phenoxy) is 2. The third kappa shape index (κ3) is 2.40. The Hall–Kier alpha value is -3.22. The van der Waals surface area contributed by atoms with Crippen LogP contribution in [0.15, 0.2) is 30.7 Å². The normalized spacial score (nSPS) is 10.6. The van der Waals surface area contributed by atoms with E-state index in [1.807, 2.05) is 6.92 Å². The number of methoxy groups -OCH3 is 2. The SMILES string of the molecule is COC(=O)c1cc2nccnc2c(-c2ccnc(OC)c2C)c1N. The summed E-state index contributed by atoms with van der Waals surface area (Å²) in [5, 5.41) is 0. The van der Waals surface area contributed by atoms with Crippen molar-refractivity contribution in [3.05, 3.63) is 41.9 Å². The van der Waals surface area contributed by atoms with Crippen molar-refractivity contribution in [1.29, 1.82) is 0 Å². The van der Waals surface area contributed by atoms with Gasteiger partial charge in [-0.25, -0.2) is 9.78 Å². The molecule has 3 rings (SSSR count). The van der Waals surface area contributed by atoms with Crippen LogP contribution in [0, 0.1) is 6.92 Å². The minimum Gasteiger partial charge on any atom is -0.481 e. The molecule has 0 radical (unpaired) electrons. The number of nitrogens with zero attached hydrogens (tertiary/aromatic N) is 3. The number of esters is 1. The van der Waals surface area contributed by atoms with E-state index in [0.29, 0.717) is 22.5 Å². The van der Waals surface area contributed by atoms with E-state index in [4.69, 9.17) is 15.2 Å². The number of nitrogen functional groups attached to an aromatic ring is 1. The van der Waals surface area contributed by atoms with Crippen molar-refractivity contribution in [2.75, 3.05) is 20.0 Å². The lowest BCUT2D eigenvalue weighted by molar-refractivity contribution is 0.0602. The van der Waals surface area contributed by atoms with Gasteiger partial charge < -0.3 is 15.2 Å².